The minimum atomic E-state index is -0.820. The number of ether oxygens (including phenoxy) is 1. The fourth-order valence-electron chi connectivity index (χ4n) is 1.66. The molecule has 0 aliphatic rings. The minimum Gasteiger partial charge on any atom is -0.481 e. The van der Waals surface area contributed by atoms with Gasteiger partial charge in [0.2, 0.25) is 5.91 Å². The van der Waals surface area contributed by atoms with Gasteiger partial charge in [0.1, 0.15) is 0 Å². The second-order valence-electron chi connectivity index (χ2n) is 4.76. The van der Waals surface area contributed by atoms with Crippen LogP contribution >= 0.6 is 0 Å². The Hall–Kier alpha value is -1.10. The third kappa shape index (κ3) is 7.27. The maximum atomic E-state index is 12.0. The minimum absolute atomic E-state index is 0.0688. The van der Waals surface area contributed by atoms with Crippen LogP contribution in [-0.2, 0) is 14.3 Å². The standard InChI is InChI=1S/C13H25NO4/c1-10(2)14(9-5-6-13(16)17)12(15)8-7-11(3)18-4/h10-11H,5-9H2,1-4H3,(H,16,17). The zero-order chi connectivity index (χ0) is 14.1. The van der Waals surface area contributed by atoms with Crippen molar-refractivity contribution >= 4 is 11.9 Å². The molecule has 0 aromatic rings. The van der Waals surface area contributed by atoms with Crippen LogP contribution in [0.5, 0.6) is 0 Å². The summed E-state index contributed by atoms with van der Waals surface area (Å²) in [5.74, 6) is -0.751. The average Bonchev–Trinajstić information content (AvgIpc) is 2.30. The van der Waals surface area contributed by atoms with Crippen molar-refractivity contribution in [2.45, 2.75) is 58.6 Å². The molecule has 0 fully saturated rings. The third-order valence-electron chi connectivity index (χ3n) is 2.90. The zero-order valence-corrected chi connectivity index (χ0v) is 11.8. The summed E-state index contributed by atoms with van der Waals surface area (Å²) in [7, 11) is 1.63. The van der Waals surface area contributed by atoms with Gasteiger partial charge in [0.05, 0.1) is 6.10 Å². The van der Waals surface area contributed by atoms with Crippen molar-refractivity contribution < 1.29 is 19.4 Å². The van der Waals surface area contributed by atoms with Gasteiger partial charge in [-0.1, -0.05) is 0 Å². The number of hydrogen-bond acceptors (Lipinski definition) is 3. The molecule has 0 bridgehead atoms. The van der Waals surface area contributed by atoms with E-state index in [4.69, 9.17) is 9.84 Å². The summed E-state index contributed by atoms with van der Waals surface area (Å²) >= 11 is 0. The van der Waals surface area contributed by atoms with Crippen LogP contribution in [0.2, 0.25) is 0 Å². The van der Waals surface area contributed by atoms with E-state index in [9.17, 15) is 9.59 Å². The first-order chi connectivity index (χ1) is 8.38. The smallest absolute Gasteiger partial charge is 0.303 e. The Labute approximate surface area is 109 Å². The van der Waals surface area contributed by atoms with Gasteiger partial charge in [0.15, 0.2) is 0 Å². The molecule has 5 heteroatoms. The van der Waals surface area contributed by atoms with Crippen LogP contribution in [-0.4, -0.2) is 47.7 Å². The number of carboxylic acid groups (broad SMARTS) is 1. The maximum absolute atomic E-state index is 12.0. The average molecular weight is 259 g/mol. The van der Waals surface area contributed by atoms with Crippen molar-refractivity contribution in [1.82, 2.24) is 4.90 Å². The van der Waals surface area contributed by atoms with E-state index in [2.05, 4.69) is 0 Å². The summed E-state index contributed by atoms with van der Waals surface area (Å²) in [5.41, 5.74) is 0. The van der Waals surface area contributed by atoms with Gasteiger partial charge in [-0.2, -0.15) is 0 Å². The number of hydrogen-bond donors (Lipinski definition) is 1. The molecule has 0 aliphatic heterocycles. The zero-order valence-electron chi connectivity index (χ0n) is 11.8. The summed E-state index contributed by atoms with van der Waals surface area (Å²) in [5, 5.41) is 8.59. The highest BCUT2D eigenvalue weighted by Crippen LogP contribution is 2.08. The molecule has 0 aliphatic carbocycles. The lowest BCUT2D eigenvalue weighted by molar-refractivity contribution is -0.138. The van der Waals surface area contributed by atoms with Crippen molar-refractivity contribution in [2.75, 3.05) is 13.7 Å². The van der Waals surface area contributed by atoms with Crippen molar-refractivity contribution in [3.63, 3.8) is 0 Å². The van der Waals surface area contributed by atoms with Gasteiger partial charge >= 0.3 is 5.97 Å². The van der Waals surface area contributed by atoms with Crippen molar-refractivity contribution in [3.8, 4) is 0 Å². The Morgan fingerprint density at radius 1 is 1.22 bits per heavy atom. The van der Waals surface area contributed by atoms with Crippen LogP contribution in [0.25, 0.3) is 0 Å². The lowest BCUT2D eigenvalue weighted by atomic mass is 10.1. The number of methoxy groups -OCH3 is 1. The van der Waals surface area contributed by atoms with Crippen LogP contribution in [0.1, 0.15) is 46.5 Å². The van der Waals surface area contributed by atoms with Crippen molar-refractivity contribution in [1.29, 1.82) is 0 Å². The molecule has 1 atom stereocenters. The molecule has 18 heavy (non-hydrogen) atoms. The SMILES string of the molecule is COC(C)CCC(=O)N(CCCC(=O)O)C(C)C. The molecule has 5 nitrogen and oxygen atoms in total. The van der Waals surface area contributed by atoms with Crippen LogP contribution in [0.15, 0.2) is 0 Å². The van der Waals surface area contributed by atoms with Gasteiger partial charge in [-0.15, -0.1) is 0 Å². The quantitative estimate of drug-likeness (QED) is 0.686. The fourth-order valence-corrected chi connectivity index (χ4v) is 1.66. The summed E-state index contributed by atoms with van der Waals surface area (Å²) < 4.78 is 5.10. The Morgan fingerprint density at radius 2 is 1.83 bits per heavy atom. The van der Waals surface area contributed by atoms with Crippen molar-refractivity contribution in [2.24, 2.45) is 0 Å². The Kier molecular flexibility index (Phi) is 8.37. The number of nitrogens with zero attached hydrogens (tertiary/aromatic N) is 1. The Morgan fingerprint density at radius 3 is 2.28 bits per heavy atom. The van der Waals surface area contributed by atoms with E-state index in [1.54, 1.807) is 12.0 Å². The van der Waals surface area contributed by atoms with Gasteiger partial charge in [-0.3, -0.25) is 9.59 Å². The van der Waals surface area contributed by atoms with E-state index in [0.717, 1.165) is 0 Å². The van der Waals surface area contributed by atoms with E-state index < -0.39 is 5.97 Å². The second-order valence-corrected chi connectivity index (χ2v) is 4.76. The largest absolute Gasteiger partial charge is 0.481 e. The normalized spacial score (nSPS) is 12.5. The van der Waals surface area contributed by atoms with Crippen LogP contribution < -0.4 is 0 Å². The first-order valence-corrected chi connectivity index (χ1v) is 6.42. The second kappa shape index (κ2) is 8.91. The molecule has 0 saturated carbocycles. The lowest BCUT2D eigenvalue weighted by Crippen LogP contribution is -2.38. The van der Waals surface area contributed by atoms with E-state index in [0.29, 0.717) is 25.8 Å². The monoisotopic (exact) mass is 259 g/mol. The van der Waals surface area contributed by atoms with Gasteiger partial charge in [-0.25, -0.2) is 0 Å². The van der Waals surface area contributed by atoms with E-state index in [1.165, 1.54) is 0 Å². The maximum Gasteiger partial charge on any atom is 0.303 e. The topological polar surface area (TPSA) is 66.8 Å². The molecule has 0 spiro atoms. The van der Waals surface area contributed by atoms with Crippen LogP contribution in [0.4, 0.5) is 0 Å². The fraction of sp³-hybridized carbons (Fsp3) is 0.846. The molecule has 0 rings (SSSR count). The highest BCUT2D eigenvalue weighted by Gasteiger charge is 2.17. The van der Waals surface area contributed by atoms with Crippen LogP contribution in [0.3, 0.4) is 0 Å². The summed E-state index contributed by atoms with van der Waals surface area (Å²) in [6.45, 7) is 6.32. The molecular weight excluding hydrogens is 234 g/mol. The van der Waals surface area contributed by atoms with Crippen molar-refractivity contribution in [3.05, 3.63) is 0 Å². The third-order valence-corrected chi connectivity index (χ3v) is 2.90. The van der Waals surface area contributed by atoms with Gasteiger partial charge in [0, 0.05) is 32.5 Å². The summed E-state index contributed by atoms with van der Waals surface area (Å²) in [6, 6.07) is 0.101. The van der Waals surface area contributed by atoms with E-state index in [-0.39, 0.29) is 24.5 Å². The number of carboxylic acids is 1. The first kappa shape index (κ1) is 16.9. The number of carbonyl (C=O) groups excluding carboxylic acids is 1. The number of aliphatic carboxylic acids is 1. The van der Waals surface area contributed by atoms with Gasteiger partial charge < -0.3 is 14.7 Å². The van der Waals surface area contributed by atoms with Crippen LogP contribution in [0, 0.1) is 0 Å². The van der Waals surface area contributed by atoms with Gasteiger partial charge in [-0.05, 0) is 33.6 Å². The predicted octanol–water partition coefficient (Wildman–Crippen LogP) is 1.90. The molecule has 0 heterocycles. The number of rotatable bonds is 9. The van der Waals surface area contributed by atoms with Gasteiger partial charge in [0.25, 0.3) is 0 Å². The summed E-state index contributed by atoms with van der Waals surface area (Å²) in [6.07, 6.45) is 1.81. The predicted molar refractivity (Wildman–Crippen MR) is 69.4 cm³/mol. The molecule has 0 radical (unpaired) electrons. The molecule has 0 saturated heterocycles. The molecular formula is C13H25NO4. The highest BCUT2D eigenvalue weighted by atomic mass is 16.5. The Balaban J connectivity index is 4.15. The van der Waals surface area contributed by atoms with E-state index in [1.807, 2.05) is 20.8 Å². The molecule has 1 N–H and O–H groups in total. The Bertz CT molecular complexity index is 266. The molecule has 0 aromatic heterocycles. The van der Waals surface area contributed by atoms with E-state index >= 15 is 0 Å². The number of carbonyl (C=O) groups is 2. The molecule has 106 valence electrons. The molecule has 1 unspecified atom stereocenters. The number of amides is 1. The highest BCUT2D eigenvalue weighted by molar-refractivity contribution is 5.76. The lowest BCUT2D eigenvalue weighted by Gasteiger charge is -2.27. The molecule has 0 aromatic carbocycles. The molecule has 1 amide bonds. The first-order valence-electron chi connectivity index (χ1n) is 6.42. The summed E-state index contributed by atoms with van der Waals surface area (Å²) in [4.78, 5) is 24.2.